The van der Waals surface area contributed by atoms with Gasteiger partial charge in [0.05, 0.1) is 19.0 Å². The van der Waals surface area contributed by atoms with Crippen LogP contribution in [0.15, 0.2) is 24.3 Å². The van der Waals surface area contributed by atoms with Crippen LogP contribution in [0.5, 0.6) is 5.75 Å². The van der Waals surface area contributed by atoms with Crippen LogP contribution in [0.3, 0.4) is 0 Å². The summed E-state index contributed by atoms with van der Waals surface area (Å²) in [6, 6.07) is 5.34. The zero-order chi connectivity index (χ0) is 25.5. The second-order valence-corrected chi connectivity index (χ2v) is 9.55. The molecule has 1 aliphatic rings. The van der Waals surface area contributed by atoms with Crippen molar-refractivity contribution in [1.29, 1.82) is 0 Å². The van der Waals surface area contributed by atoms with E-state index in [1.165, 1.54) is 0 Å². The number of H-pyrrole nitrogens is 1. The van der Waals surface area contributed by atoms with Crippen molar-refractivity contribution >= 4 is 46.0 Å². The van der Waals surface area contributed by atoms with Gasteiger partial charge in [0.25, 0.3) is 5.91 Å². The van der Waals surface area contributed by atoms with Gasteiger partial charge >= 0.3 is 0 Å². The maximum absolute atomic E-state index is 13.2. The Kier molecular flexibility index (Phi) is 9.14. The third-order valence-electron chi connectivity index (χ3n) is 6.17. The molecule has 3 atom stereocenters. The zero-order valence-electron chi connectivity index (χ0n) is 20.3. The number of hydrogen-bond acceptors (Lipinski definition) is 5. The van der Waals surface area contributed by atoms with Gasteiger partial charge in [0.1, 0.15) is 17.5 Å². The molecule has 3 rings (SSSR count). The van der Waals surface area contributed by atoms with Crippen molar-refractivity contribution in [2.24, 2.45) is 11.8 Å². The lowest BCUT2D eigenvalue weighted by Crippen LogP contribution is -2.53. The number of alkyl halides is 1. The number of halogens is 1. The average Bonchev–Trinajstić information content (AvgIpc) is 3.28. The van der Waals surface area contributed by atoms with Crippen LogP contribution in [0.2, 0.25) is 0 Å². The van der Waals surface area contributed by atoms with E-state index < -0.39 is 23.9 Å². The van der Waals surface area contributed by atoms with Gasteiger partial charge in [0, 0.05) is 23.4 Å². The number of amides is 3. The van der Waals surface area contributed by atoms with Gasteiger partial charge in [-0.05, 0) is 49.8 Å². The van der Waals surface area contributed by atoms with Crippen molar-refractivity contribution in [3.05, 3.63) is 30.0 Å². The van der Waals surface area contributed by atoms with Crippen molar-refractivity contribution < 1.29 is 23.9 Å². The van der Waals surface area contributed by atoms with E-state index in [1.54, 1.807) is 19.2 Å². The Morgan fingerprint density at radius 1 is 1.20 bits per heavy atom. The normalized spacial score (nSPS) is 17.5. The van der Waals surface area contributed by atoms with E-state index in [2.05, 4.69) is 20.9 Å². The number of aromatic nitrogens is 1. The maximum atomic E-state index is 13.2. The average molecular weight is 505 g/mol. The van der Waals surface area contributed by atoms with E-state index in [4.69, 9.17) is 16.3 Å². The fourth-order valence-electron chi connectivity index (χ4n) is 4.35. The number of nitrogens with one attached hydrogen (secondary N) is 4. The summed E-state index contributed by atoms with van der Waals surface area (Å²) in [7, 11) is 1.56. The first-order valence-corrected chi connectivity index (χ1v) is 12.4. The highest BCUT2D eigenvalue weighted by Gasteiger charge is 2.32. The summed E-state index contributed by atoms with van der Waals surface area (Å²) >= 11 is 5.79. The van der Waals surface area contributed by atoms with Crippen LogP contribution in [-0.2, 0) is 14.4 Å². The molecule has 1 aromatic heterocycles. The second-order valence-electron chi connectivity index (χ2n) is 9.29. The lowest BCUT2D eigenvalue weighted by atomic mass is 9.90. The van der Waals surface area contributed by atoms with E-state index in [9.17, 15) is 19.2 Å². The van der Waals surface area contributed by atoms with Crippen molar-refractivity contribution in [3.63, 3.8) is 0 Å². The molecule has 3 amide bonds. The van der Waals surface area contributed by atoms with Crippen LogP contribution in [0.4, 0.5) is 0 Å². The maximum Gasteiger partial charge on any atom is 0.268 e. The van der Waals surface area contributed by atoms with Crippen LogP contribution in [0, 0.1) is 11.8 Å². The Bertz CT molecular complexity index is 1080. The molecular weight excluding hydrogens is 472 g/mol. The summed E-state index contributed by atoms with van der Waals surface area (Å²) in [5, 5.41) is 9.08. The smallest absolute Gasteiger partial charge is 0.268 e. The SMILES string of the molecule is COc1cccc2[nH]c(C(=O)NC(CC(C)C)C(=O)NC(CC3CCCNC3=O)C(=O)CCl)cc12. The Morgan fingerprint density at radius 2 is 1.97 bits per heavy atom. The lowest BCUT2D eigenvalue weighted by Gasteiger charge is -2.27. The fraction of sp³-hybridized carbons (Fsp3) is 0.520. The molecule has 0 radical (unpaired) electrons. The minimum atomic E-state index is -0.905. The van der Waals surface area contributed by atoms with Gasteiger partial charge < -0.3 is 25.7 Å². The number of piperidine rings is 1. The molecule has 10 heteroatoms. The highest BCUT2D eigenvalue weighted by atomic mass is 35.5. The molecule has 4 N–H and O–H groups in total. The van der Waals surface area contributed by atoms with Crippen LogP contribution in [0.1, 0.15) is 50.0 Å². The van der Waals surface area contributed by atoms with Crippen molar-refractivity contribution in [3.8, 4) is 5.75 Å². The molecular formula is C25H33ClN4O5. The largest absolute Gasteiger partial charge is 0.496 e. The first-order chi connectivity index (χ1) is 16.7. The van der Waals surface area contributed by atoms with Crippen LogP contribution < -0.4 is 20.7 Å². The number of ketones is 1. The lowest BCUT2D eigenvalue weighted by molar-refractivity contribution is -0.131. The van der Waals surface area contributed by atoms with Crippen molar-refractivity contribution in [1.82, 2.24) is 20.9 Å². The Balaban J connectivity index is 1.75. The molecule has 0 spiro atoms. The fourth-order valence-corrected chi connectivity index (χ4v) is 4.53. The van der Waals surface area contributed by atoms with E-state index in [1.807, 2.05) is 26.0 Å². The molecule has 0 bridgehead atoms. The molecule has 35 heavy (non-hydrogen) atoms. The molecule has 2 aromatic rings. The molecule has 1 aliphatic heterocycles. The van der Waals surface area contributed by atoms with Gasteiger partial charge in [-0.2, -0.15) is 0 Å². The summed E-state index contributed by atoms with van der Waals surface area (Å²) in [5.41, 5.74) is 1.02. The number of carbonyl (C=O) groups is 4. The third-order valence-corrected chi connectivity index (χ3v) is 6.44. The number of hydrogen-bond donors (Lipinski definition) is 4. The number of aromatic amines is 1. The summed E-state index contributed by atoms with van der Waals surface area (Å²) < 4.78 is 5.35. The van der Waals surface area contributed by atoms with E-state index in [0.717, 1.165) is 17.3 Å². The van der Waals surface area contributed by atoms with Crippen LogP contribution in [-0.4, -0.2) is 60.1 Å². The minimum absolute atomic E-state index is 0.0974. The Hall–Kier alpha value is -3.07. The topological polar surface area (TPSA) is 129 Å². The highest BCUT2D eigenvalue weighted by molar-refractivity contribution is 6.28. The van der Waals surface area contributed by atoms with Crippen LogP contribution in [0.25, 0.3) is 10.9 Å². The third kappa shape index (κ3) is 6.75. The first-order valence-electron chi connectivity index (χ1n) is 11.9. The van der Waals surface area contributed by atoms with E-state index in [0.29, 0.717) is 30.8 Å². The standard InChI is InChI=1S/C25H33ClN4O5/c1-14(2)10-19(30-25(34)20-12-16-17(28-20)7-4-8-22(16)35-3)24(33)29-18(21(31)13-26)11-15-6-5-9-27-23(15)32/h4,7-8,12,14-15,18-19,28H,5-6,9-11,13H2,1-3H3,(H,27,32)(H,29,33)(H,30,34). The summed E-state index contributed by atoms with van der Waals surface area (Å²) in [6.07, 6.45) is 2.00. The quantitative estimate of drug-likeness (QED) is 0.349. The number of Topliss-reactive ketones (excluding diaryl/α,β-unsaturated/α-hetero) is 1. The summed E-state index contributed by atoms with van der Waals surface area (Å²) in [5.74, 6) is -1.35. The van der Waals surface area contributed by atoms with E-state index >= 15 is 0 Å². The van der Waals surface area contributed by atoms with Crippen molar-refractivity contribution in [2.75, 3.05) is 19.5 Å². The number of fused-ring (bicyclic) bond motifs is 1. The molecule has 9 nitrogen and oxygen atoms in total. The predicted octanol–water partition coefficient (Wildman–Crippen LogP) is 2.53. The minimum Gasteiger partial charge on any atom is -0.496 e. The molecule has 0 aliphatic carbocycles. The first kappa shape index (κ1) is 26.5. The van der Waals surface area contributed by atoms with Gasteiger partial charge in [-0.1, -0.05) is 19.9 Å². The molecule has 0 saturated carbocycles. The van der Waals surface area contributed by atoms with Gasteiger partial charge in [-0.3, -0.25) is 19.2 Å². The zero-order valence-corrected chi connectivity index (χ0v) is 21.0. The Labute approximate surface area is 209 Å². The molecule has 3 unspecified atom stereocenters. The Morgan fingerprint density at radius 3 is 2.63 bits per heavy atom. The number of methoxy groups -OCH3 is 1. The van der Waals surface area contributed by atoms with Gasteiger partial charge in [0.15, 0.2) is 5.78 Å². The summed E-state index contributed by atoms with van der Waals surface area (Å²) in [4.78, 5) is 54.0. The van der Waals surface area contributed by atoms with E-state index in [-0.39, 0.29) is 35.8 Å². The molecule has 1 fully saturated rings. The monoisotopic (exact) mass is 504 g/mol. The number of rotatable bonds is 11. The number of carbonyl (C=O) groups excluding carboxylic acids is 4. The number of ether oxygens (including phenoxy) is 1. The molecule has 1 saturated heterocycles. The molecule has 1 aromatic carbocycles. The number of benzene rings is 1. The van der Waals surface area contributed by atoms with Crippen molar-refractivity contribution in [2.45, 2.75) is 51.6 Å². The van der Waals surface area contributed by atoms with Gasteiger partial charge in [0.2, 0.25) is 11.8 Å². The van der Waals surface area contributed by atoms with Gasteiger partial charge in [-0.15, -0.1) is 11.6 Å². The molecule has 2 heterocycles. The summed E-state index contributed by atoms with van der Waals surface area (Å²) in [6.45, 7) is 4.49. The highest BCUT2D eigenvalue weighted by Crippen LogP contribution is 2.26. The van der Waals surface area contributed by atoms with Crippen LogP contribution >= 0.6 is 11.6 Å². The predicted molar refractivity (Wildman–Crippen MR) is 134 cm³/mol. The molecule has 190 valence electrons. The van der Waals surface area contributed by atoms with Gasteiger partial charge in [-0.25, -0.2) is 0 Å². The second kappa shape index (κ2) is 12.1.